The Hall–Kier alpha value is -1.80. The summed E-state index contributed by atoms with van der Waals surface area (Å²) in [5.74, 6) is -1.97. The van der Waals surface area contributed by atoms with Gasteiger partial charge in [0, 0.05) is 19.1 Å². The first-order valence-electron chi connectivity index (χ1n) is 6.52. The van der Waals surface area contributed by atoms with Gasteiger partial charge in [0.15, 0.2) is 11.6 Å². The van der Waals surface area contributed by atoms with Crippen LogP contribution in [0.5, 0.6) is 0 Å². The molecule has 0 aliphatic carbocycles. The number of nitro benzene ring substituents is 1. The SMILES string of the molecule is CN(C)CC1CC(O)CN1c1c(F)cc([N+](=O)[O-])cc1F. The highest BCUT2D eigenvalue weighted by Gasteiger charge is 2.35. The van der Waals surface area contributed by atoms with Gasteiger partial charge in [-0.05, 0) is 20.5 Å². The Morgan fingerprint density at radius 2 is 2.00 bits per heavy atom. The van der Waals surface area contributed by atoms with Gasteiger partial charge in [-0.2, -0.15) is 0 Å². The number of halogens is 2. The largest absolute Gasteiger partial charge is 0.391 e. The van der Waals surface area contributed by atoms with Gasteiger partial charge in [0.05, 0.1) is 23.2 Å². The number of likely N-dealkylation sites (N-methyl/N-ethyl adjacent to an activating group) is 1. The van der Waals surface area contributed by atoms with Crippen LogP contribution in [0, 0.1) is 21.7 Å². The summed E-state index contributed by atoms with van der Waals surface area (Å²) >= 11 is 0. The minimum atomic E-state index is -0.987. The molecule has 0 saturated carbocycles. The number of aliphatic hydroxyl groups excluding tert-OH is 1. The molecule has 6 nitrogen and oxygen atoms in total. The second-order valence-corrected chi connectivity index (χ2v) is 5.47. The van der Waals surface area contributed by atoms with Gasteiger partial charge in [0.25, 0.3) is 5.69 Å². The third-order valence-electron chi connectivity index (χ3n) is 3.47. The molecule has 116 valence electrons. The molecule has 1 fully saturated rings. The van der Waals surface area contributed by atoms with Crippen LogP contribution in [-0.2, 0) is 0 Å². The summed E-state index contributed by atoms with van der Waals surface area (Å²) in [5, 5.41) is 20.4. The zero-order valence-corrected chi connectivity index (χ0v) is 11.8. The molecule has 0 bridgehead atoms. The third-order valence-corrected chi connectivity index (χ3v) is 3.47. The van der Waals surface area contributed by atoms with E-state index in [2.05, 4.69) is 0 Å². The van der Waals surface area contributed by atoms with Gasteiger partial charge < -0.3 is 14.9 Å². The number of rotatable bonds is 4. The van der Waals surface area contributed by atoms with Crippen LogP contribution < -0.4 is 4.90 Å². The third kappa shape index (κ3) is 3.27. The van der Waals surface area contributed by atoms with Crippen LogP contribution in [0.25, 0.3) is 0 Å². The van der Waals surface area contributed by atoms with Gasteiger partial charge in [-0.3, -0.25) is 10.1 Å². The van der Waals surface area contributed by atoms with Crippen molar-refractivity contribution in [3.8, 4) is 0 Å². The van der Waals surface area contributed by atoms with E-state index in [4.69, 9.17) is 0 Å². The molecule has 0 amide bonds. The number of anilines is 1. The Bertz CT molecular complexity index is 530. The van der Waals surface area contributed by atoms with Crippen LogP contribution in [-0.4, -0.2) is 54.3 Å². The minimum absolute atomic E-state index is 0.101. The van der Waals surface area contributed by atoms with E-state index in [-0.39, 0.29) is 18.3 Å². The standard InChI is InChI=1S/C13H17F2N3O3/c1-16(2)6-9-3-10(19)7-17(9)13-11(14)4-8(18(20)21)5-12(13)15/h4-5,9-10,19H,3,6-7H2,1-2H3. The molecule has 2 atom stereocenters. The molecule has 1 aliphatic rings. The van der Waals surface area contributed by atoms with E-state index in [1.54, 1.807) is 0 Å². The van der Waals surface area contributed by atoms with Crippen LogP contribution in [0.3, 0.4) is 0 Å². The van der Waals surface area contributed by atoms with Crippen molar-refractivity contribution in [1.29, 1.82) is 0 Å². The minimum Gasteiger partial charge on any atom is -0.391 e. The van der Waals surface area contributed by atoms with Gasteiger partial charge in [-0.25, -0.2) is 8.78 Å². The highest BCUT2D eigenvalue weighted by atomic mass is 19.1. The summed E-state index contributed by atoms with van der Waals surface area (Å²) in [6.45, 7) is 0.622. The summed E-state index contributed by atoms with van der Waals surface area (Å²) in [5.41, 5.74) is -0.943. The van der Waals surface area contributed by atoms with Crippen LogP contribution >= 0.6 is 0 Å². The summed E-state index contributed by atoms with van der Waals surface area (Å²) in [7, 11) is 3.65. The molecule has 1 saturated heterocycles. The molecular weight excluding hydrogens is 284 g/mol. The van der Waals surface area contributed by atoms with E-state index in [1.165, 1.54) is 4.90 Å². The van der Waals surface area contributed by atoms with Crippen molar-refractivity contribution in [2.24, 2.45) is 0 Å². The number of benzene rings is 1. The first kappa shape index (κ1) is 15.6. The van der Waals surface area contributed by atoms with Crippen molar-refractivity contribution in [3.63, 3.8) is 0 Å². The molecule has 1 aromatic rings. The summed E-state index contributed by atoms with van der Waals surface area (Å²) < 4.78 is 28.2. The van der Waals surface area contributed by atoms with Crippen molar-refractivity contribution < 1.29 is 18.8 Å². The van der Waals surface area contributed by atoms with Crippen molar-refractivity contribution in [2.75, 3.05) is 32.1 Å². The molecule has 1 N–H and O–H groups in total. The van der Waals surface area contributed by atoms with Gasteiger partial charge >= 0.3 is 0 Å². The lowest BCUT2D eigenvalue weighted by atomic mass is 10.1. The van der Waals surface area contributed by atoms with Crippen LogP contribution in [0.1, 0.15) is 6.42 Å². The highest BCUT2D eigenvalue weighted by Crippen LogP contribution is 2.33. The molecule has 21 heavy (non-hydrogen) atoms. The second kappa shape index (κ2) is 5.90. The first-order chi connectivity index (χ1) is 9.79. The maximum absolute atomic E-state index is 14.1. The zero-order valence-electron chi connectivity index (χ0n) is 11.8. The fraction of sp³-hybridized carbons (Fsp3) is 0.538. The lowest BCUT2D eigenvalue weighted by Gasteiger charge is -2.29. The average molecular weight is 301 g/mol. The molecule has 1 aromatic carbocycles. The maximum Gasteiger partial charge on any atom is 0.275 e. The summed E-state index contributed by atoms with van der Waals surface area (Å²) in [4.78, 5) is 13.1. The normalized spacial score (nSPS) is 22.1. The lowest BCUT2D eigenvalue weighted by molar-refractivity contribution is -0.385. The average Bonchev–Trinajstić information content (AvgIpc) is 2.68. The number of β-amino-alcohol motifs (C(OH)–C–C–N with tert-alkyl or cyclic N) is 1. The number of non-ortho nitro benzene ring substituents is 1. The first-order valence-corrected chi connectivity index (χ1v) is 6.52. The van der Waals surface area contributed by atoms with E-state index in [9.17, 15) is 24.0 Å². The summed E-state index contributed by atoms with van der Waals surface area (Å²) in [6.07, 6.45) is -0.280. The van der Waals surface area contributed by atoms with E-state index in [0.29, 0.717) is 25.1 Å². The van der Waals surface area contributed by atoms with Crippen LogP contribution in [0.15, 0.2) is 12.1 Å². The lowest BCUT2D eigenvalue weighted by Crippen LogP contribution is -2.38. The fourth-order valence-electron chi connectivity index (χ4n) is 2.69. The molecule has 2 unspecified atom stereocenters. The van der Waals surface area contributed by atoms with Crippen LogP contribution in [0.2, 0.25) is 0 Å². The molecule has 0 radical (unpaired) electrons. The monoisotopic (exact) mass is 301 g/mol. The van der Waals surface area contributed by atoms with Crippen molar-refractivity contribution in [2.45, 2.75) is 18.6 Å². The van der Waals surface area contributed by atoms with E-state index in [0.717, 1.165) is 0 Å². The van der Waals surface area contributed by atoms with Crippen LogP contribution in [0.4, 0.5) is 20.2 Å². The number of hydrogen-bond acceptors (Lipinski definition) is 5. The zero-order chi connectivity index (χ0) is 15.7. The van der Waals surface area contributed by atoms with Gasteiger partial charge in [-0.1, -0.05) is 0 Å². The number of aliphatic hydroxyl groups is 1. The van der Waals surface area contributed by atoms with E-state index < -0.39 is 28.3 Å². The van der Waals surface area contributed by atoms with Crippen molar-refractivity contribution in [3.05, 3.63) is 33.9 Å². The van der Waals surface area contributed by atoms with Gasteiger partial charge in [0.1, 0.15) is 5.69 Å². The molecule has 1 aliphatic heterocycles. The quantitative estimate of drug-likeness (QED) is 0.672. The second-order valence-electron chi connectivity index (χ2n) is 5.47. The summed E-state index contributed by atoms with van der Waals surface area (Å²) in [6, 6.07) is 1.16. The number of nitro groups is 1. The predicted octanol–water partition coefficient (Wildman–Crippen LogP) is 1.37. The molecule has 0 spiro atoms. The molecule has 8 heteroatoms. The molecular formula is C13H17F2N3O3. The van der Waals surface area contributed by atoms with Crippen molar-refractivity contribution >= 4 is 11.4 Å². The van der Waals surface area contributed by atoms with Crippen molar-refractivity contribution in [1.82, 2.24) is 4.90 Å². The van der Waals surface area contributed by atoms with Gasteiger partial charge in [0.2, 0.25) is 0 Å². The molecule has 1 heterocycles. The fourth-order valence-corrected chi connectivity index (χ4v) is 2.69. The Kier molecular flexibility index (Phi) is 4.38. The Labute approximate surface area is 120 Å². The highest BCUT2D eigenvalue weighted by molar-refractivity contribution is 5.55. The number of nitrogens with zero attached hydrogens (tertiary/aromatic N) is 3. The van der Waals surface area contributed by atoms with E-state index >= 15 is 0 Å². The Morgan fingerprint density at radius 3 is 2.48 bits per heavy atom. The topological polar surface area (TPSA) is 69.8 Å². The number of hydrogen-bond donors (Lipinski definition) is 1. The van der Waals surface area contributed by atoms with E-state index in [1.807, 2.05) is 19.0 Å². The predicted molar refractivity (Wildman–Crippen MR) is 73.3 cm³/mol. The maximum atomic E-state index is 14.1. The molecule has 2 rings (SSSR count). The Morgan fingerprint density at radius 1 is 1.43 bits per heavy atom. The van der Waals surface area contributed by atoms with Gasteiger partial charge in [-0.15, -0.1) is 0 Å². The molecule has 0 aromatic heterocycles. The Balaban J connectivity index is 2.38. The smallest absolute Gasteiger partial charge is 0.275 e.